The van der Waals surface area contributed by atoms with Crippen molar-refractivity contribution in [3.05, 3.63) is 44.4 Å². The van der Waals surface area contributed by atoms with Crippen molar-refractivity contribution < 1.29 is 0 Å². The average molecular weight is 285 g/mol. The molecule has 0 saturated carbocycles. The quantitative estimate of drug-likeness (QED) is 0.856. The van der Waals surface area contributed by atoms with Gasteiger partial charge in [-0.05, 0) is 36.6 Å². The van der Waals surface area contributed by atoms with Gasteiger partial charge in [0.15, 0.2) is 5.13 Å². The fourth-order valence-corrected chi connectivity index (χ4v) is 3.79. The Labute approximate surface area is 113 Å². The van der Waals surface area contributed by atoms with Crippen LogP contribution in [0.25, 0.3) is 0 Å². The maximum Gasteiger partial charge on any atom is 0.180 e. The topological polar surface area (TPSA) is 38.9 Å². The predicted octanol–water partition coefficient (Wildman–Crippen LogP) is 4.11. The van der Waals surface area contributed by atoms with Gasteiger partial charge in [0.25, 0.3) is 0 Å². The van der Waals surface area contributed by atoms with E-state index in [0.29, 0.717) is 11.0 Å². The largest absolute Gasteiger partial charge is 0.375 e. The minimum atomic E-state index is 0.297. The highest BCUT2D eigenvalue weighted by Crippen LogP contribution is 2.44. The highest BCUT2D eigenvalue weighted by Gasteiger charge is 2.29. The molecule has 88 valence electrons. The number of nitrogens with two attached hydrogens (primary N) is 1. The number of halogens is 2. The second-order valence-corrected chi connectivity index (χ2v) is 6.03. The van der Waals surface area contributed by atoms with Gasteiger partial charge in [-0.1, -0.05) is 23.2 Å². The van der Waals surface area contributed by atoms with Crippen LogP contribution in [0.5, 0.6) is 0 Å². The number of hydrogen-bond donors (Lipinski definition) is 1. The van der Waals surface area contributed by atoms with Crippen LogP contribution in [0.1, 0.15) is 28.5 Å². The van der Waals surface area contributed by atoms with E-state index in [9.17, 15) is 0 Å². The van der Waals surface area contributed by atoms with E-state index in [1.165, 1.54) is 4.88 Å². The monoisotopic (exact) mass is 284 g/mol. The number of aromatic nitrogens is 1. The number of rotatable bonds is 1. The van der Waals surface area contributed by atoms with Crippen molar-refractivity contribution in [3.8, 4) is 0 Å². The van der Waals surface area contributed by atoms with Crippen molar-refractivity contribution in [2.75, 3.05) is 5.73 Å². The van der Waals surface area contributed by atoms with E-state index in [0.717, 1.165) is 34.1 Å². The molecule has 5 heteroatoms. The maximum absolute atomic E-state index is 6.24. The zero-order valence-electron chi connectivity index (χ0n) is 8.91. The van der Waals surface area contributed by atoms with Crippen LogP contribution in [0.4, 0.5) is 5.13 Å². The minimum Gasteiger partial charge on any atom is -0.375 e. The molecular weight excluding hydrogens is 275 g/mol. The van der Waals surface area contributed by atoms with Gasteiger partial charge >= 0.3 is 0 Å². The van der Waals surface area contributed by atoms with E-state index < -0.39 is 0 Å². The van der Waals surface area contributed by atoms with Crippen LogP contribution >= 0.6 is 34.5 Å². The summed E-state index contributed by atoms with van der Waals surface area (Å²) in [7, 11) is 0. The molecule has 1 aliphatic carbocycles. The lowest BCUT2D eigenvalue weighted by atomic mass is 9.98. The lowest BCUT2D eigenvalue weighted by Crippen LogP contribution is -1.95. The van der Waals surface area contributed by atoms with Crippen LogP contribution in [-0.2, 0) is 6.42 Å². The molecule has 0 fully saturated rings. The maximum atomic E-state index is 6.24. The second-order valence-electron chi connectivity index (χ2n) is 4.12. The fraction of sp³-hybridized carbons (Fsp3) is 0.250. The summed E-state index contributed by atoms with van der Waals surface area (Å²) in [6, 6.07) is 5.60. The number of nitrogens with zero attached hydrogens (tertiary/aromatic N) is 1. The molecular formula is C12H10Cl2N2S. The summed E-state index contributed by atoms with van der Waals surface area (Å²) < 4.78 is 0. The molecule has 2 nitrogen and oxygen atoms in total. The Kier molecular flexibility index (Phi) is 2.77. The summed E-state index contributed by atoms with van der Waals surface area (Å²) in [4.78, 5) is 5.58. The first-order chi connectivity index (χ1) is 8.15. The number of benzene rings is 1. The zero-order valence-corrected chi connectivity index (χ0v) is 11.2. The lowest BCUT2D eigenvalue weighted by Gasteiger charge is -2.12. The molecule has 17 heavy (non-hydrogen) atoms. The van der Waals surface area contributed by atoms with Gasteiger partial charge in [-0.25, -0.2) is 4.98 Å². The number of aryl methyl sites for hydroxylation is 1. The van der Waals surface area contributed by atoms with E-state index in [-0.39, 0.29) is 0 Å². The zero-order chi connectivity index (χ0) is 12.0. The third kappa shape index (κ3) is 1.92. The first-order valence-electron chi connectivity index (χ1n) is 5.35. The van der Waals surface area contributed by atoms with E-state index in [1.807, 2.05) is 18.2 Å². The Morgan fingerprint density at radius 2 is 2.18 bits per heavy atom. The summed E-state index contributed by atoms with van der Waals surface area (Å²) in [5.41, 5.74) is 7.95. The van der Waals surface area contributed by atoms with Crippen molar-refractivity contribution in [1.82, 2.24) is 4.98 Å². The third-order valence-electron chi connectivity index (χ3n) is 3.06. The molecule has 1 aliphatic rings. The van der Waals surface area contributed by atoms with E-state index in [2.05, 4.69) is 4.98 Å². The van der Waals surface area contributed by atoms with Crippen LogP contribution in [0, 0.1) is 0 Å². The molecule has 0 amide bonds. The van der Waals surface area contributed by atoms with Gasteiger partial charge in [-0.15, -0.1) is 11.3 Å². The van der Waals surface area contributed by atoms with Gasteiger partial charge in [0, 0.05) is 20.8 Å². The summed E-state index contributed by atoms with van der Waals surface area (Å²) in [6.45, 7) is 0. The fourth-order valence-electron chi connectivity index (χ4n) is 2.32. The highest BCUT2D eigenvalue weighted by molar-refractivity contribution is 7.15. The predicted molar refractivity (Wildman–Crippen MR) is 73.2 cm³/mol. The summed E-state index contributed by atoms with van der Waals surface area (Å²) in [5, 5.41) is 2.12. The van der Waals surface area contributed by atoms with Crippen LogP contribution < -0.4 is 5.73 Å². The van der Waals surface area contributed by atoms with Crippen LogP contribution in [0.15, 0.2) is 18.2 Å². The second kappa shape index (κ2) is 4.16. The molecule has 0 aliphatic heterocycles. The molecule has 1 aromatic heterocycles. The van der Waals surface area contributed by atoms with Gasteiger partial charge < -0.3 is 5.73 Å². The number of thiazole rings is 1. The average Bonchev–Trinajstić information content (AvgIpc) is 2.80. The number of fused-ring (bicyclic) bond motifs is 1. The summed E-state index contributed by atoms with van der Waals surface area (Å²) in [6.07, 6.45) is 2.01. The minimum absolute atomic E-state index is 0.297. The van der Waals surface area contributed by atoms with Gasteiger partial charge in [0.2, 0.25) is 0 Å². The van der Waals surface area contributed by atoms with Crippen LogP contribution in [0.3, 0.4) is 0 Å². The van der Waals surface area contributed by atoms with Crippen LogP contribution in [-0.4, -0.2) is 4.98 Å². The first kappa shape index (κ1) is 11.3. The van der Waals surface area contributed by atoms with Crippen molar-refractivity contribution in [2.45, 2.75) is 18.8 Å². The van der Waals surface area contributed by atoms with Gasteiger partial charge in [-0.3, -0.25) is 0 Å². The standard InChI is InChI=1S/C12H10Cl2N2S/c13-6-1-3-9(14)8(5-6)7-2-4-10-11(7)17-12(15)16-10/h1,3,5,7H,2,4H2,(H2,15,16). The highest BCUT2D eigenvalue weighted by atomic mass is 35.5. The Bertz CT molecular complexity index is 580. The SMILES string of the molecule is Nc1nc2c(s1)C(c1cc(Cl)ccc1Cl)CC2. The molecule has 0 radical (unpaired) electrons. The van der Waals surface area contributed by atoms with E-state index >= 15 is 0 Å². The smallest absolute Gasteiger partial charge is 0.180 e. The van der Waals surface area contributed by atoms with E-state index in [4.69, 9.17) is 28.9 Å². The Morgan fingerprint density at radius 3 is 3.00 bits per heavy atom. The van der Waals surface area contributed by atoms with Crippen LogP contribution in [0.2, 0.25) is 10.0 Å². The molecule has 2 aromatic rings. The van der Waals surface area contributed by atoms with E-state index in [1.54, 1.807) is 11.3 Å². The third-order valence-corrected chi connectivity index (χ3v) is 4.68. The van der Waals surface area contributed by atoms with Gasteiger partial charge in [-0.2, -0.15) is 0 Å². The molecule has 3 rings (SSSR count). The first-order valence-corrected chi connectivity index (χ1v) is 6.92. The Balaban J connectivity index is 2.09. The van der Waals surface area contributed by atoms with Crippen molar-refractivity contribution in [1.29, 1.82) is 0 Å². The molecule has 0 spiro atoms. The molecule has 0 bridgehead atoms. The molecule has 0 saturated heterocycles. The molecule has 2 N–H and O–H groups in total. The molecule has 1 heterocycles. The number of nitrogen functional groups attached to an aromatic ring is 1. The van der Waals surface area contributed by atoms with Gasteiger partial charge in [0.1, 0.15) is 0 Å². The summed E-state index contributed by atoms with van der Waals surface area (Å²) in [5.74, 6) is 0.297. The molecule has 1 unspecified atom stereocenters. The van der Waals surface area contributed by atoms with Crippen molar-refractivity contribution >= 4 is 39.7 Å². The van der Waals surface area contributed by atoms with Gasteiger partial charge in [0.05, 0.1) is 5.69 Å². The Morgan fingerprint density at radius 1 is 1.35 bits per heavy atom. The summed E-state index contributed by atoms with van der Waals surface area (Å²) >= 11 is 13.8. The molecule has 1 atom stereocenters. The normalized spacial score (nSPS) is 18.4. The number of anilines is 1. The lowest BCUT2D eigenvalue weighted by molar-refractivity contribution is 0.791. The number of hydrogen-bond acceptors (Lipinski definition) is 3. The van der Waals surface area contributed by atoms with Crippen molar-refractivity contribution in [2.24, 2.45) is 0 Å². The van der Waals surface area contributed by atoms with Crippen molar-refractivity contribution in [3.63, 3.8) is 0 Å². The Hall–Kier alpha value is -0.770. The molecule has 1 aromatic carbocycles.